The fraction of sp³-hybridized carbons (Fsp3) is 0.500. The zero-order valence-electron chi connectivity index (χ0n) is 10.7. The molecule has 0 radical (unpaired) electrons. The third kappa shape index (κ3) is 5.19. The second-order valence-electron chi connectivity index (χ2n) is 4.02. The Morgan fingerprint density at radius 1 is 1.37 bits per heavy atom. The van der Waals surface area contributed by atoms with Gasteiger partial charge in [0.05, 0.1) is 11.5 Å². The Kier molecular flexibility index (Phi) is 6.95. The van der Waals surface area contributed by atoms with Crippen LogP contribution < -0.4 is 4.72 Å². The second-order valence-corrected chi connectivity index (χ2v) is 6.61. The van der Waals surface area contributed by atoms with Crippen molar-refractivity contribution >= 4 is 26.0 Å². The van der Waals surface area contributed by atoms with Crippen molar-refractivity contribution in [3.63, 3.8) is 0 Å². The highest BCUT2D eigenvalue weighted by Crippen LogP contribution is 2.23. The molecule has 5 nitrogen and oxygen atoms in total. The van der Waals surface area contributed by atoms with E-state index in [2.05, 4.69) is 20.7 Å². The molecule has 108 valence electrons. The number of unbranched alkanes of at least 4 members (excludes halogenated alkanes) is 1. The van der Waals surface area contributed by atoms with E-state index in [4.69, 9.17) is 9.84 Å². The molecule has 1 rings (SSSR count). The minimum atomic E-state index is -3.52. The topological polar surface area (TPSA) is 75.6 Å². The lowest BCUT2D eigenvalue weighted by atomic mass is 10.2. The summed E-state index contributed by atoms with van der Waals surface area (Å²) in [6, 6.07) is 4.66. The Hall–Kier alpha value is -0.470. The largest absolute Gasteiger partial charge is 0.392 e. The van der Waals surface area contributed by atoms with Crippen LogP contribution in [-0.4, -0.2) is 33.8 Å². The van der Waals surface area contributed by atoms with E-state index < -0.39 is 10.0 Å². The summed E-state index contributed by atoms with van der Waals surface area (Å²) in [7, 11) is -1.91. The number of methoxy groups -OCH3 is 1. The summed E-state index contributed by atoms with van der Waals surface area (Å²) >= 11 is 3.21. The Labute approximate surface area is 122 Å². The van der Waals surface area contributed by atoms with Gasteiger partial charge in [0, 0.05) is 24.7 Å². The predicted molar refractivity (Wildman–Crippen MR) is 76.4 cm³/mol. The van der Waals surface area contributed by atoms with Gasteiger partial charge in [0.15, 0.2) is 0 Å². The molecular weight excluding hydrogens is 334 g/mol. The molecule has 0 amide bonds. The van der Waals surface area contributed by atoms with Crippen molar-refractivity contribution in [2.75, 3.05) is 20.3 Å². The van der Waals surface area contributed by atoms with Gasteiger partial charge in [-0.25, -0.2) is 13.1 Å². The first-order valence-corrected chi connectivity index (χ1v) is 8.17. The average molecular weight is 352 g/mol. The summed E-state index contributed by atoms with van der Waals surface area (Å²) in [4.78, 5) is 0.177. The van der Waals surface area contributed by atoms with Crippen molar-refractivity contribution in [3.8, 4) is 0 Å². The van der Waals surface area contributed by atoms with Gasteiger partial charge in [0.25, 0.3) is 0 Å². The molecule has 0 aliphatic rings. The highest BCUT2D eigenvalue weighted by atomic mass is 79.9. The smallest absolute Gasteiger partial charge is 0.241 e. The highest BCUT2D eigenvalue weighted by molar-refractivity contribution is 9.10. The first kappa shape index (κ1) is 16.6. The van der Waals surface area contributed by atoms with E-state index in [0.717, 1.165) is 12.8 Å². The number of benzene rings is 1. The summed E-state index contributed by atoms with van der Waals surface area (Å²) in [6.45, 7) is 0.875. The maximum Gasteiger partial charge on any atom is 0.241 e. The van der Waals surface area contributed by atoms with Crippen LogP contribution in [0.1, 0.15) is 18.4 Å². The fourth-order valence-electron chi connectivity index (χ4n) is 1.52. The first-order chi connectivity index (χ1) is 9.01. The molecule has 0 unspecified atom stereocenters. The van der Waals surface area contributed by atoms with E-state index >= 15 is 0 Å². The summed E-state index contributed by atoms with van der Waals surface area (Å²) in [5.41, 5.74) is 0.658. The lowest BCUT2D eigenvalue weighted by molar-refractivity contribution is 0.193. The summed E-state index contributed by atoms with van der Waals surface area (Å²) in [5.74, 6) is 0. The molecule has 0 saturated heterocycles. The van der Waals surface area contributed by atoms with Gasteiger partial charge in [-0.05, 0) is 46.5 Å². The molecule has 0 fully saturated rings. The van der Waals surface area contributed by atoms with Crippen LogP contribution in [0, 0.1) is 0 Å². The molecule has 0 spiro atoms. The van der Waals surface area contributed by atoms with Gasteiger partial charge in [0.2, 0.25) is 10.0 Å². The van der Waals surface area contributed by atoms with Crippen molar-refractivity contribution in [3.05, 3.63) is 28.2 Å². The zero-order valence-corrected chi connectivity index (χ0v) is 13.1. The van der Waals surface area contributed by atoms with Crippen molar-refractivity contribution < 1.29 is 18.3 Å². The maximum atomic E-state index is 12.1. The van der Waals surface area contributed by atoms with Crippen LogP contribution in [0.3, 0.4) is 0 Å². The van der Waals surface area contributed by atoms with Crippen LogP contribution in [0.15, 0.2) is 27.6 Å². The molecule has 1 aromatic rings. The van der Waals surface area contributed by atoms with Crippen LogP contribution in [0.4, 0.5) is 0 Å². The molecule has 0 aliphatic carbocycles. The molecule has 0 atom stereocenters. The highest BCUT2D eigenvalue weighted by Gasteiger charge is 2.17. The number of halogens is 1. The molecule has 0 heterocycles. The van der Waals surface area contributed by atoms with Gasteiger partial charge in [-0.15, -0.1) is 0 Å². The van der Waals surface area contributed by atoms with Crippen molar-refractivity contribution in [1.29, 1.82) is 0 Å². The van der Waals surface area contributed by atoms with Crippen LogP contribution in [-0.2, 0) is 21.4 Å². The third-order valence-electron chi connectivity index (χ3n) is 2.54. The van der Waals surface area contributed by atoms with Gasteiger partial charge in [0.1, 0.15) is 0 Å². The molecule has 0 aromatic heterocycles. The molecule has 2 N–H and O–H groups in total. The standard InChI is InChI=1S/C12H18BrNO4S/c1-18-7-3-2-6-14-19(16,17)12-5-4-10(9-15)8-11(12)13/h4-5,8,14-15H,2-3,6-7,9H2,1H3. The van der Waals surface area contributed by atoms with Gasteiger partial charge >= 0.3 is 0 Å². The van der Waals surface area contributed by atoms with Crippen LogP contribution in [0.2, 0.25) is 0 Å². The first-order valence-electron chi connectivity index (χ1n) is 5.89. The van der Waals surface area contributed by atoms with Gasteiger partial charge in [-0.3, -0.25) is 0 Å². The Bertz CT molecular complexity index is 504. The average Bonchev–Trinajstić information content (AvgIpc) is 2.37. The van der Waals surface area contributed by atoms with Crippen LogP contribution in [0.25, 0.3) is 0 Å². The van der Waals surface area contributed by atoms with E-state index in [1.165, 1.54) is 6.07 Å². The van der Waals surface area contributed by atoms with Crippen molar-refractivity contribution in [1.82, 2.24) is 4.72 Å². The molecule has 1 aromatic carbocycles. The number of sulfonamides is 1. The quantitative estimate of drug-likeness (QED) is 0.698. The summed E-state index contributed by atoms with van der Waals surface area (Å²) < 4.78 is 32.0. The molecule has 19 heavy (non-hydrogen) atoms. The van der Waals surface area contributed by atoms with E-state index in [1.807, 2.05) is 0 Å². The number of nitrogens with one attached hydrogen (secondary N) is 1. The molecule has 0 saturated carbocycles. The Morgan fingerprint density at radius 3 is 2.68 bits per heavy atom. The number of rotatable bonds is 8. The molecule has 7 heteroatoms. The zero-order chi connectivity index (χ0) is 14.3. The number of ether oxygens (including phenoxy) is 1. The normalized spacial score (nSPS) is 11.7. The van der Waals surface area contributed by atoms with Crippen LogP contribution in [0.5, 0.6) is 0 Å². The number of aliphatic hydroxyl groups is 1. The lowest BCUT2D eigenvalue weighted by Crippen LogP contribution is -2.25. The molecule has 0 aliphatic heterocycles. The van der Waals surface area contributed by atoms with E-state index in [1.54, 1.807) is 19.2 Å². The van der Waals surface area contributed by atoms with Gasteiger partial charge in [-0.2, -0.15) is 0 Å². The fourth-order valence-corrected chi connectivity index (χ4v) is 3.71. The number of hydrogen-bond donors (Lipinski definition) is 2. The van der Waals surface area contributed by atoms with E-state index in [9.17, 15) is 8.42 Å². The van der Waals surface area contributed by atoms with E-state index in [0.29, 0.717) is 23.2 Å². The van der Waals surface area contributed by atoms with Crippen molar-refractivity contribution in [2.45, 2.75) is 24.3 Å². The SMILES string of the molecule is COCCCCNS(=O)(=O)c1ccc(CO)cc1Br. The minimum absolute atomic E-state index is 0.122. The summed E-state index contributed by atoms with van der Waals surface area (Å²) in [5, 5.41) is 8.98. The lowest BCUT2D eigenvalue weighted by Gasteiger charge is -2.09. The number of hydrogen-bond acceptors (Lipinski definition) is 4. The Morgan fingerprint density at radius 2 is 2.11 bits per heavy atom. The minimum Gasteiger partial charge on any atom is -0.392 e. The maximum absolute atomic E-state index is 12.1. The predicted octanol–water partition coefficient (Wildman–Crippen LogP) is 1.65. The van der Waals surface area contributed by atoms with Gasteiger partial charge in [-0.1, -0.05) is 6.07 Å². The molecule has 0 bridgehead atoms. The molecular formula is C12H18BrNO4S. The second kappa shape index (κ2) is 7.96. The summed E-state index contributed by atoms with van der Waals surface area (Å²) in [6.07, 6.45) is 1.53. The van der Waals surface area contributed by atoms with E-state index in [-0.39, 0.29) is 11.5 Å². The monoisotopic (exact) mass is 351 g/mol. The Balaban J connectivity index is 2.67. The van der Waals surface area contributed by atoms with Gasteiger partial charge < -0.3 is 9.84 Å². The van der Waals surface area contributed by atoms with Crippen molar-refractivity contribution in [2.24, 2.45) is 0 Å². The van der Waals surface area contributed by atoms with Crippen LogP contribution >= 0.6 is 15.9 Å². The third-order valence-corrected chi connectivity index (χ3v) is 4.97. The number of aliphatic hydroxyl groups excluding tert-OH is 1.